The Morgan fingerprint density at radius 3 is 2.00 bits per heavy atom. The molecule has 0 spiro atoms. The molecular weight excluding hydrogens is 270 g/mol. The summed E-state index contributed by atoms with van der Waals surface area (Å²) in [6.45, 7) is 2.06. The molecule has 5 heteroatoms. The summed E-state index contributed by atoms with van der Waals surface area (Å²) in [6.07, 6.45) is -1.29. The molecule has 0 fully saturated rings. The van der Waals surface area contributed by atoms with Crippen LogP contribution in [0.25, 0.3) is 0 Å². The quantitative estimate of drug-likeness (QED) is 0.844. The molecule has 0 atom stereocenters. The highest BCUT2D eigenvalue weighted by Crippen LogP contribution is 2.42. The molecule has 1 aliphatic rings. The Kier molecular flexibility index (Phi) is 4.79. The zero-order valence-corrected chi connectivity index (χ0v) is 11.7. The molecule has 1 amide bonds. The fourth-order valence-corrected chi connectivity index (χ4v) is 2.03. The lowest BCUT2D eigenvalue weighted by Crippen LogP contribution is -2.11. The topological polar surface area (TPSA) is 81.8 Å². The molecule has 0 aromatic heterocycles. The average Bonchev–Trinajstić information content (AvgIpc) is 2.48. The molecule has 1 aliphatic heterocycles. The number of amides is 1. The van der Waals surface area contributed by atoms with Gasteiger partial charge in [0.1, 0.15) is 17.6 Å². The van der Waals surface area contributed by atoms with Gasteiger partial charge in [-0.1, -0.05) is 36.4 Å². The number of nitrogens with two attached hydrogens (primary N) is 1. The Balaban J connectivity index is 0.000000232. The van der Waals surface area contributed by atoms with Gasteiger partial charge in [-0.25, -0.2) is 4.79 Å². The summed E-state index contributed by atoms with van der Waals surface area (Å²) in [6, 6.07) is 15.1. The molecule has 21 heavy (non-hydrogen) atoms. The Hall–Kier alpha value is -2.53. The van der Waals surface area contributed by atoms with Crippen LogP contribution in [0.2, 0.25) is 0 Å². The van der Waals surface area contributed by atoms with Gasteiger partial charge in [0.25, 0.3) is 0 Å². The highest BCUT2D eigenvalue weighted by Gasteiger charge is 2.24. The monoisotopic (exact) mass is 287 g/mol. The number of para-hydroxylation sites is 2. The van der Waals surface area contributed by atoms with Crippen molar-refractivity contribution in [1.82, 2.24) is 0 Å². The Morgan fingerprint density at radius 1 is 1.14 bits per heavy atom. The molecule has 0 saturated carbocycles. The lowest BCUT2D eigenvalue weighted by atomic mass is 9.97. The number of primary amides is 1. The summed E-state index contributed by atoms with van der Waals surface area (Å²) >= 11 is 0. The van der Waals surface area contributed by atoms with Crippen molar-refractivity contribution in [2.45, 2.75) is 13.0 Å². The summed E-state index contributed by atoms with van der Waals surface area (Å²) < 4.78 is 9.87. The van der Waals surface area contributed by atoms with Crippen LogP contribution in [0.1, 0.15) is 24.2 Å². The van der Waals surface area contributed by atoms with E-state index in [4.69, 9.17) is 4.74 Å². The van der Waals surface area contributed by atoms with E-state index in [0.717, 1.165) is 22.6 Å². The van der Waals surface area contributed by atoms with Gasteiger partial charge in [0.15, 0.2) is 0 Å². The number of hydrogen-bond donors (Lipinski definition) is 2. The van der Waals surface area contributed by atoms with Crippen LogP contribution in [0, 0.1) is 0 Å². The van der Waals surface area contributed by atoms with Gasteiger partial charge in [0.05, 0.1) is 6.61 Å². The van der Waals surface area contributed by atoms with E-state index in [9.17, 15) is 9.90 Å². The first-order chi connectivity index (χ1) is 10.1. The zero-order chi connectivity index (χ0) is 15.2. The normalized spacial score (nSPS) is 12.1. The number of hydrogen-bond acceptors (Lipinski definition) is 4. The van der Waals surface area contributed by atoms with Crippen molar-refractivity contribution in [3.05, 3.63) is 59.7 Å². The van der Waals surface area contributed by atoms with Crippen LogP contribution in [0.15, 0.2) is 48.5 Å². The molecule has 110 valence electrons. The Morgan fingerprint density at radius 2 is 1.62 bits per heavy atom. The van der Waals surface area contributed by atoms with Crippen molar-refractivity contribution in [1.29, 1.82) is 0 Å². The van der Waals surface area contributed by atoms with Crippen molar-refractivity contribution in [2.75, 3.05) is 6.61 Å². The minimum atomic E-state index is -0.711. The van der Waals surface area contributed by atoms with E-state index >= 15 is 0 Å². The maximum atomic E-state index is 10.1. The third-order valence-corrected chi connectivity index (χ3v) is 2.93. The second-order valence-electron chi connectivity index (χ2n) is 4.33. The number of rotatable bonds is 1. The third kappa shape index (κ3) is 3.52. The molecule has 1 heterocycles. The average molecular weight is 287 g/mol. The van der Waals surface area contributed by atoms with Crippen LogP contribution in [0.4, 0.5) is 4.79 Å². The van der Waals surface area contributed by atoms with Crippen molar-refractivity contribution in [3.63, 3.8) is 0 Å². The number of fused-ring (bicyclic) bond motifs is 2. The second kappa shape index (κ2) is 6.76. The van der Waals surface area contributed by atoms with Crippen molar-refractivity contribution in [2.24, 2.45) is 5.73 Å². The van der Waals surface area contributed by atoms with Gasteiger partial charge in [-0.2, -0.15) is 0 Å². The minimum absolute atomic E-state index is 0.356. The van der Waals surface area contributed by atoms with Crippen molar-refractivity contribution >= 4 is 6.09 Å². The van der Waals surface area contributed by atoms with E-state index in [1.54, 1.807) is 6.92 Å². The molecule has 0 aliphatic carbocycles. The second-order valence-corrected chi connectivity index (χ2v) is 4.33. The number of aliphatic hydroxyl groups excluding tert-OH is 1. The highest BCUT2D eigenvalue weighted by molar-refractivity contribution is 5.64. The summed E-state index contributed by atoms with van der Waals surface area (Å²) in [7, 11) is 0. The van der Waals surface area contributed by atoms with E-state index in [2.05, 4.69) is 10.5 Å². The number of carbonyl (C=O) groups excluding carboxylic acids is 1. The summed E-state index contributed by atoms with van der Waals surface area (Å²) in [5.41, 5.74) is 6.20. The minimum Gasteiger partial charge on any atom is -0.457 e. The molecule has 3 N–H and O–H groups in total. The smallest absolute Gasteiger partial charge is 0.404 e. The van der Waals surface area contributed by atoms with Gasteiger partial charge in [0.2, 0.25) is 0 Å². The van der Waals surface area contributed by atoms with E-state index in [-0.39, 0.29) is 0 Å². The maximum absolute atomic E-state index is 10.1. The predicted molar refractivity (Wildman–Crippen MR) is 78.2 cm³/mol. The van der Waals surface area contributed by atoms with Crippen LogP contribution in [-0.2, 0) is 4.74 Å². The Bertz CT molecular complexity index is 582. The van der Waals surface area contributed by atoms with Gasteiger partial charge in [-0.15, -0.1) is 0 Å². The largest absolute Gasteiger partial charge is 0.457 e. The van der Waals surface area contributed by atoms with Crippen LogP contribution < -0.4 is 10.5 Å². The first kappa shape index (κ1) is 14.9. The summed E-state index contributed by atoms with van der Waals surface area (Å²) in [4.78, 5) is 9.60. The van der Waals surface area contributed by atoms with E-state index < -0.39 is 12.2 Å². The van der Waals surface area contributed by atoms with E-state index in [0.29, 0.717) is 6.61 Å². The van der Waals surface area contributed by atoms with Gasteiger partial charge in [-0.3, -0.25) is 0 Å². The standard InChI is InChI=1S/C13H10O2.C3H7NO2/c14-13-9-5-1-3-7-11(9)15-12-8-4-2-6-10(12)13;1-2-6-3(4)5/h1-8,13-14H;2H2,1H3,(H2,4,5). The predicted octanol–water partition coefficient (Wildman–Crippen LogP) is 2.98. The molecule has 0 bridgehead atoms. The van der Waals surface area contributed by atoms with Crippen LogP contribution in [-0.4, -0.2) is 17.8 Å². The molecule has 3 rings (SSSR count). The summed E-state index contributed by atoms with van der Waals surface area (Å²) in [5.74, 6) is 1.48. The molecule has 2 aromatic rings. The van der Waals surface area contributed by atoms with Crippen LogP contribution in [0.5, 0.6) is 11.5 Å². The van der Waals surface area contributed by atoms with E-state index in [1.165, 1.54) is 0 Å². The van der Waals surface area contributed by atoms with Crippen LogP contribution >= 0.6 is 0 Å². The van der Waals surface area contributed by atoms with Crippen molar-refractivity contribution in [3.8, 4) is 11.5 Å². The molecule has 2 aromatic carbocycles. The fraction of sp³-hybridized carbons (Fsp3) is 0.188. The summed E-state index contributed by atoms with van der Waals surface area (Å²) in [5, 5.41) is 10.1. The van der Waals surface area contributed by atoms with Crippen LogP contribution in [0.3, 0.4) is 0 Å². The highest BCUT2D eigenvalue weighted by atomic mass is 16.5. The number of ether oxygens (including phenoxy) is 2. The van der Waals surface area contributed by atoms with Gasteiger partial charge >= 0.3 is 6.09 Å². The Labute approximate surface area is 122 Å². The van der Waals surface area contributed by atoms with Gasteiger partial charge in [0, 0.05) is 11.1 Å². The molecule has 5 nitrogen and oxygen atoms in total. The van der Waals surface area contributed by atoms with E-state index in [1.807, 2.05) is 48.5 Å². The zero-order valence-electron chi connectivity index (χ0n) is 11.7. The lowest BCUT2D eigenvalue weighted by Gasteiger charge is -2.24. The fourth-order valence-electron chi connectivity index (χ4n) is 2.03. The number of carbonyl (C=O) groups is 1. The molecule has 0 unspecified atom stereocenters. The molecule has 0 saturated heterocycles. The van der Waals surface area contributed by atoms with Gasteiger partial charge in [-0.05, 0) is 19.1 Å². The number of benzene rings is 2. The lowest BCUT2D eigenvalue weighted by molar-refractivity contribution is 0.163. The first-order valence-electron chi connectivity index (χ1n) is 6.59. The van der Waals surface area contributed by atoms with Crippen molar-refractivity contribution < 1.29 is 19.4 Å². The third-order valence-electron chi connectivity index (χ3n) is 2.93. The van der Waals surface area contributed by atoms with Gasteiger partial charge < -0.3 is 20.3 Å². The SMILES string of the molecule is CCOC(N)=O.OC1c2ccccc2Oc2ccccc21. The first-order valence-corrected chi connectivity index (χ1v) is 6.59. The maximum Gasteiger partial charge on any atom is 0.404 e. The number of aliphatic hydroxyl groups is 1. The molecular formula is C16H17NO4. The molecule has 0 radical (unpaired) electrons.